The van der Waals surface area contributed by atoms with Gasteiger partial charge in [0.15, 0.2) is 11.6 Å². The highest BCUT2D eigenvalue weighted by atomic mass is 19.1. The summed E-state index contributed by atoms with van der Waals surface area (Å²) in [5, 5.41) is 9.73. The Hall–Kier alpha value is -3.89. The Morgan fingerprint density at radius 2 is 1.44 bits per heavy atom. The van der Waals surface area contributed by atoms with E-state index < -0.39 is 5.60 Å². The van der Waals surface area contributed by atoms with Crippen LogP contribution in [0, 0.1) is 5.82 Å². The second-order valence-electron chi connectivity index (χ2n) is 12.5. The third kappa shape index (κ3) is 31.7. The summed E-state index contributed by atoms with van der Waals surface area (Å²) in [6.45, 7) is 24.3. The molecule has 0 bridgehead atoms. The number of halogens is 1. The average Bonchev–Trinajstić information content (AvgIpc) is 3.24. The van der Waals surface area contributed by atoms with Crippen molar-refractivity contribution in [1.82, 2.24) is 10.3 Å². The number of hydrogen-bond donors (Lipinski definition) is 3. The van der Waals surface area contributed by atoms with Gasteiger partial charge in [0.25, 0.3) is 0 Å². The summed E-state index contributed by atoms with van der Waals surface area (Å²) in [5.74, 6) is 0.188. The number of para-hydroxylation sites is 1. The maximum Gasteiger partial charge on any atom is 0.416 e. The van der Waals surface area contributed by atoms with E-state index in [0.29, 0.717) is 84.7 Å². The first-order chi connectivity index (χ1) is 28.5. The lowest BCUT2D eigenvalue weighted by atomic mass is 10.0. The van der Waals surface area contributed by atoms with Gasteiger partial charge in [-0.3, -0.25) is 14.5 Å². The van der Waals surface area contributed by atoms with Gasteiger partial charge in [0.1, 0.15) is 18.0 Å². The number of amides is 2. The number of carbonyl (C=O) groups is 3. The lowest BCUT2D eigenvalue weighted by molar-refractivity contribution is -0.143. The SMILES string of the molecule is CC.CC.CC.CCOC(=O)CCNC(=O)CCCCc1ccc2c(n1)N(C(=O)OC(C)(C)C)CCC2.CO.NCCOCCOCCOCCOc1ccccc1F. The monoisotopic (exact) mass is 843 g/mol. The smallest absolute Gasteiger partial charge is 0.416 e. The van der Waals surface area contributed by atoms with Crippen LogP contribution in [0.5, 0.6) is 5.75 Å². The van der Waals surface area contributed by atoms with E-state index in [2.05, 4.69) is 5.32 Å². The number of hydrogen-bond acceptors (Lipinski definition) is 12. The molecule has 0 saturated carbocycles. The minimum Gasteiger partial charge on any atom is -0.488 e. The Bertz CT molecular complexity index is 1310. The molecule has 59 heavy (non-hydrogen) atoms. The van der Waals surface area contributed by atoms with E-state index in [-0.39, 0.29) is 36.0 Å². The second-order valence-corrected chi connectivity index (χ2v) is 12.5. The fourth-order valence-corrected chi connectivity index (χ4v) is 4.73. The summed E-state index contributed by atoms with van der Waals surface area (Å²) in [6.07, 6.45) is 4.27. The zero-order valence-corrected chi connectivity index (χ0v) is 38.2. The molecule has 0 radical (unpaired) electrons. The van der Waals surface area contributed by atoms with Gasteiger partial charge in [0.2, 0.25) is 5.91 Å². The first kappa shape index (κ1) is 59.4. The van der Waals surface area contributed by atoms with E-state index in [9.17, 15) is 18.8 Å². The summed E-state index contributed by atoms with van der Waals surface area (Å²) >= 11 is 0. The molecule has 14 nitrogen and oxygen atoms in total. The van der Waals surface area contributed by atoms with Crippen molar-refractivity contribution in [3.63, 3.8) is 0 Å². The molecule has 0 aliphatic carbocycles. The van der Waals surface area contributed by atoms with Crippen molar-refractivity contribution in [2.45, 2.75) is 120 Å². The zero-order chi connectivity index (χ0) is 45.3. The molecule has 4 N–H and O–H groups in total. The molecular formula is C44H79FN4O10. The maximum atomic E-state index is 13.2. The van der Waals surface area contributed by atoms with E-state index in [1.165, 1.54) is 6.07 Å². The van der Waals surface area contributed by atoms with Gasteiger partial charge < -0.3 is 44.6 Å². The van der Waals surface area contributed by atoms with Crippen LogP contribution in [0.25, 0.3) is 0 Å². The number of benzene rings is 1. The molecule has 1 aromatic heterocycles. The highest BCUT2D eigenvalue weighted by molar-refractivity contribution is 5.88. The van der Waals surface area contributed by atoms with Gasteiger partial charge in [-0.15, -0.1) is 0 Å². The zero-order valence-electron chi connectivity index (χ0n) is 38.2. The summed E-state index contributed by atoms with van der Waals surface area (Å²) in [5.41, 5.74) is 6.67. The number of fused-ring (bicyclic) bond motifs is 1. The molecule has 0 fully saturated rings. The molecule has 1 aliphatic rings. The Morgan fingerprint density at radius 3 is 2.02 bits per heavy atom. The minimum atomic E-state index is -0.552. The number of nitrogens with two attached hydrogens (primary N) is 1. The number of aryl methyl sites for hydroxylation is 2. The lowest BCUT2D eigenvalue weighted by Gasteiger charge is -2.31. The summed E-state index contributed by atoms with van der Waals surface area (Å²) in [4.78, 5) is 42.1. The molecule has 0 saturated heterocycles. The van der Waals surface area contributed by atoms with Crippen LogP contribution >= 0.6 is 0 Å². The van der Waals surface area contributed by atoms with Crippen molar-refractivity contribution < 1.29 is 52.3 Å². The molecule has 2 heterocycles. The van der Waals surface area contributed by atoms with E-state index in [4.69, 9.17) is 44.2 Å². The van der Waals surface area contributed by atoms with Crippen molar-refractivity contribution in [1.29, 1.82) is 0 Å². The summed E-state index contributed by atoms with van der Waals surface area (Å²) < 4.78 is 44.5. The van der Waals surface area contributed by atoms with Crippen LogP contribution in [-0.2, 0) is 46.1 Å². The quantitative estimate of drug-likeness (QED) is 0.0836. The Balaban J connectivity index is -0.000000966. The highest BCUT2D eigenvalue weighted by Crippen LogP contribution is 2.27. The number of carbonyl (C=O) groups excluding carboxylic acids is 3. The predicted octanol–water partition coefficient (Wildman–Crippen LogP) is 7.45. The molecule has 15 heteroatoms. The molecule has 3 rings (SSSR count). The van der Waals surface area contributed by atoms with Crippen LogP contribution in [0.2, 0.25) is 0 Å². The number of ether oxygens (including phenoxy) is 6. The molecular weight excluding hydrogens is 764 g/mol. The molecule has 1 aliphatic heterocycles. The highest BCUT2D eigenvalue weighted by Gasteiger charge is 2.28. The van der Waals surface area contributed by atoms with Gasteiger partial charge in [0.05, 0.1) is 52.7 Å². The van der Waals surface area contributed by atoms with Crippen LogP contribution < -0.4 is 20.7 Å². The third-order valence-electron chi connectivity index (χ3n) is 7.08. The summed E-state index contributed by atoms with van der Waals surface area (Å²) in [7, 11) is 1.00. The number of unbranched alkanes of at least 4 members (excludes halogenated alkanes) is 1. The van der Waals surface area contributed by atoms with E-state index in [1.807, 2.05) is 74.4 Å². The van der Waals surface area contributed by atoms with Crippen LogP contribution in [0.3, 0.4) is 0 Å². The van der Waals surface area contributed by atoms with Crippen molar-refractivity contribution in [2.75, 3.05) is 84.5 Å². The number of aromatic nitrogens is 1. The number of anilines is 1. The van der Waals surface area contributed by atoms with Crippen LogP contribution in [0.4, 0.5) is 15.0 Å². The standard InChI is InChI=1S/C23H35N3O5.C14H22FNO4.3C2H6.CH4O/c1-5-30-20(28)14-15-24-19(27)11-7-6-10-18-13-12-17-9-8-16-26(21(17)25-18)22(29)31-23(2,3)4;15-13-3-1-2-4-14(13)20-12-11-19-10-9-18-8-7-17-6-5-16;4*1-2/h12-13H,5-11,14-16H2,1-4H3,(H,24,27);1-4H,5-12,16H2;3*1-2H3;2H,1H3. The molecule has 342 valence electrons. The molecule has 0 atom stereocenters. The van der Waals surface area contributed by atoms with Crippen molar-refractivity contribution in [3.05, 3.63) is 53.5 Å². The van der Waals surface area contributed by atoms with Gasteiger partial charge in [-0.25, -0.2) is 14.2 Å². The van der Waals surface area contributed by atoms with Gasteiger partial charge >= 0.3 is 12.1 Å². The first-order valence-electron chi connectivity index (χ1n) is 21.2. The number of esters is 1. The maximum absolute atomic E-state index is 13.2. The number of nitrogens with zero attached hydrogens (tertiary/aromatic N) is 2. The van der Waals surface area contributed by atoms with E-state index in [1.54, 1.807) is 30.0 Å². The normalized spacial score (nSPS) is 11.1. The van der Waals surface area contributed by atoms with Gasteiger partial charge in [0, 0.05) is 38.9 Å². The van der Waals surface area contributed by atoms with E-state index >= 15 is 0 Å². The number of aliphatic hydroxyl groups excluding tert-OH is 1. The van der Waals surface area contributed by atoms with Crippen LogP contribution in [-0.4, -0.2) is 113 Å². The first-order valence-corrected chi connectivity index (χ1v) is 21.2. The van der Waals surface area contributed by atoms with Gasteiger partial charge in [-0.05, 0) is 83.6 Å². The van der Waals surface area contributed by atoms with Crippen molar-refractivity contribution in [2.24, 2.45) is 5.73 Å². The Kier molecular flexibility index (Phi) is 41.2. The predicted molar refractivity (Wildman–Crippen MR) is 234 cm³/mol. The molecule has 0 unspecified atom stereocenters. The number of nitrogens with one attached hydrogen (secondary N) is 1. The minimum absolute atomic E-state index is 0.0706. The third-order valence-corrected chi connectivity index (χ3v) is 7.08. The van der Waals surface area contributed by atoms with Gasteiger partial charge in [-0.1, -0.05) is 59.7 Å². The fraction of sp³-hybridized carbons (Fsp3) is 0.682. The molecule has 2 amide bonds. The van der Waals surface area contributed by atoms with Crippen molar-refractivity contribution >= 4 is 23.8 Å². The Labute approximate surface area is 355 Å². The number of aliphatic hydroxyl groups is 1. The largest absolute Gasteiger partial charge is 0.488 e. The molecule has 0 spiro atoms. The Morgan fingerprint density at radius 1 is 0.847 bits per heavy atom. The topological polar surface area (TPSA) is 181 Å². The number of pyridine rings is 1. The lowest BCUT2D eigenvalue weighted by Crippen LogP contribution is -2.40. The second kappa shape index (κ2) is 40.9. The van der Waals surface area contributed by atoms with Crippen molar-refractivity contribution in [3.8, 4) is 5.75 Å². The van der Waals surface area contributed by atoms with Crippen LogP contribution in [0.1, 0.15) is 113 Å². The summed E-state index contributed by atoms with van der Waals surface area (Å²) in [6, 6.07) is 10.3. The molecule has 1 aromatic carbocycles. The molecule has 2 aromatic rings. The van der Waals surface area contributed by atoms with E-state index in [0.717, 1.165) is 50.5 Å². The average molecular weight is 843 g/mol. The van der Waals surface area contributed by atoms with Crippen LogP contribution in [0.15, 0.2) is 36.4 Å². The number of rotatable bonds is 21. The van der Waals surface area contributed by atoms with Gasteiger partial charge in [-0.2, -0.15) is 0 Å². The fourth-order valence-electron chi connectivity index (χ4n) is 4.73.